The number of benzene rings is 2. The van der Waals surface area contributed by atoms with E-state index in [1.165, 1.54) is 31.2 Å². The lowest BCUT2D eigenvalue weighted by Crippen LogP contribution is -2.59. The van der Waals surface area contributed by atoms with Crippen molar-refractivity contribution in [2.75, 3.05) is 4.90 Å². The minimum atomic E-state index is -5.27. The molecular formula is C24H21Cl2F4N3O2. The zero-order valence-corrected chi connectivity index (χ0v) is 20.7. The Balaban J connectivity index is 2.26. The molecule has 3 rings (SSSR count). The van der Waals surface area contributed by atoms with Crippen LogP contribution in [0.5, 0.6) is 0 Å². The van der Waals surface area contributed by atoms with Crippen LogP contribution in [0.2, 0.25) is 10.0 Å². The van der Waals surface area contributed by atoms with E-state index in [9.17, 15) is 27.2 Å². The maximum Gasteiger partial charge on any atom is 0.471 e. The Bertz CT molecular complexity index is 1200. The van der Waals surface area contributed by atoms with Crippen LogP contribution in [0.15, 0.2) is 36.4 Å². The van der Waals surface area contributed by atoms with Crippen LogP contribution in [0.4, 0.5) is 23.2 Å². The van der Waals surface area contributed by atoms with Gasteiger partial charge in [0.05, 0.1) is 21.7 Å². The van der Waals surface area contributed by atoms with Gasteiger partial charge in [-0.05, 0) is 36.8 Å². The monoisotopic (exact) mass is 529 g/mol. The molecule has 5 nitrogen and oxygen atoms in total. The molecule has 2 aromatic carbocycles. The van der Waals surface area contributed by atoms with E-state index in [1.807, 2.05) is 6.07 Å². The molecule has 1 saturated heterocycles. The summed E-state index contributed by atoms with van der Waals surface area (Å²) < 4.78 is 55.6. The molecule has 0 aliphatic carbocycles. The van der Waals surface area contributed by atoms with E-state index in [2.05, 4.69) is 0 Å². The molecule has 11 heteroatoms. The number of carbonyl (C=O) groups excluding carboxylic acids is 2. The van der Waals surface area contributed by atoms with Crippen LogP contribution in [0.3, 0.4) is 0 Å². The molecule has 1 aliphatic rings. The van der Waals surface area contributed by atoms with Gasteiger partial charge >= 0.3 is 12.1 Å². The quantitative estimate of drug-likeness (QED) is 0.355. The lowest BCUT2D eigenvalue weighted by Gasteiger charge is -2.42. The van der Waals surface area contributed by atoms with Crippen molar-refractivity contribution in [3.63, 3.8) is 0 Å². The molecule has 0 bridgehead atoms. The fourth-order valence-electron chi connectivity index (χ4n) is 4.30. The molecule has 1 heterocycles. The predicted molar refractivity (Wildman–Crippen MR) is 123 cm³/mol. The maximum absolute atomic E-state index is 14.1. The van der Waals surface area contributed by atoms with Crippen LogP contribution in [-0.2, 0) is 16.0 Å². The van der Waals surface area contributed by atoms with Gasteiger partial charge in [-0.2, -0.15) is 18.4 Å². The SMILES string of the molecule is CC(C)(C)C1N(c2cc(Cl)c(F)c(Cl)c2)C(=O)C(C)(Cc2ccc(C#N)cc2)N1C(=O)C(F)(F)F. The van der Waals surface area contributed by atoms with Crippen molar-refractivity contribution in [2.24, 2.45) is 5.41 Å². The molecule has 2 atom stereocenters. The highest BCUT2D eigenvalue weighted by atomic mass is 35.5. The summed E-state index contributed by atoms with van der Waals surface area (Å²) in [6.07, 6.45) is -6.96. The molecule has 1 fully saturated rings. The van der Waals surface area contributed by atoms with Crippen LogP contribution in [0, 0.1) is 22.6 Å². The van der Waals surface area contributed by atoms with Gasteiger partial charge in [-0.15, -0.1) is 0 Å². The second-order valence-electron chi connectivity index (χ2n) is 9.57. The summed E-state index contributed by atoms with van der Waals surface area (Å²) in [7, 11) is 0. The van der Waals surface area contributed by atoms with Crippen LogP contribution in [0.25, 0.3) is 0 Å². The number of hydrogen-bond donors (Lipinski definition) is 0. The zero-order valence-electron chi connectivity index (χ0n) is 19.2. The first kappa shape index (κ1) is 26.8. The van der Waals surface area contributed by atoms with Crippen molar-refractivity contribution in [1.82, 2.24) is 4.90 Å². The topological polar surface area (TPSA) is 64.4 Å². The first-order valence-corrected chi connectivity index (χ1v) is 11.2. The van der Waals surface area contributed by atoms with E-state index in [0.717, 1.165) is 17.0 Å². The van der Waals surface area contributed by atoms with Gasteiger partial charge in [0, 0.05) is 17.5 Å². The molecule has 1 aliphatic heterocycles. The van der Waals surface area contributed by atoms with E-state index < -0.39 is 51.0 Å². The van der Waals surface area contributed by atoms with E-state index in [4.69, 9.17) is 28.5 Å². The predicted octanol–water partition coefficient (Wildman–Crippen LogP) is 6.12. The summed E-state index contributed by atoms with van der Waals surface area (Å²) in [6, 6.07) is 10.1. The number of anilines is 1. The summed E-state index contributed by atoms with van der Waals surface area (Å²) in [5.41, 5.74) is -2.35. The maximum atomic E-state index is 14.1. The fourth-order valence-corrected chi connectivity index (χ4v) is 4.78. The first-order chi connectivity index (χ1) is 16.0. The molecule has 2 unspecified atom stereocenters. The van der Waals surface area contributed by atoms with Gasteiger partial charge in [0.25, 0.3) is 5.91 Å². The summed E-state index contributed by atoms with van der Waals surface area (Å²) in [6.45, 7) is 5.99. The fraction of sp³-hybridized carbons (Fsp3) is 0.375. The van der Waals surface area contributed by atoms with E-state index in [0.29, 0.717) is 16.0 Å². The largest absolute Gasteiger partial charge is 0.471 e. The van der Waals surface area contributed by atoms with E-state index in [1.54, 1.807) is 20.8 Å². The van der Waals surface area contributed by atoms with Crippen molar-refractivity contribution < 1.29 is 27.2 Å². The molecule has 186 valence electrons. The number of rotatable bonds is 3. The first-order valence-electron chi connectivity index (χ1n) is 10.4. The van der Waals surface area contributed by atoms with Crippen molar-refractivity contribution in [3.8, 4) is 6.07 Å². The molecule has 0 spiro atoms. The lowest BCUT2D eigenvalue weighted by atomic mass is 9.87. The van der Waals surface area contributed by atoms with Crippen LogP contribution >= 0.6 is 23.2 Å². The smallest absolute Gasteiger partial charge is 0.299 e. The number of nitrogens with zero attached hydrogens (tertiary/aromatic N) is 3. The number of alkyl halides is 3. The molecule has 0 N–H and O–H groups in total. The Kier molecular flexibility index (Phi) is 6.88. The molecular weight excluding hydrogens is 509 g/mol. The minimum absolute atomic E-state index is 0.0464. The molecule has 0 saturated carbocycles. The number of halogens is 6. The van der Waals surface area contributed by atoms with Gasteiger partial charge in [0.15, 0.2) is 5.82 Å². The zero-order chi connectivity index (χ0) is 26.5. The van der Waals surface area contributed by atoms with Gasteiger partial charge < -0.3 is 0 Å². The number of amides is 2. The molecule has 2 amide bonds. The number of carbonyl (C=O) groups is 2. The van der Waals surface area contributed by atoms with Crippen LogP contribution in [-0.4, -0.2) is 34.6 Å². The highest BCUT2D eigenvalue weighted by molar-refractivity contribution is 6.35. The second-order valence-corrected chi connectivity index (χ2v) is 10.4. The summed E-state index contributed by atoms with van der Waals surface area (Å²) in [4.78, 5) is 28.3. The Hall–Kier alpha value is -2.83. The van der Waals surface area contributed by atoms with Gasteiger partial charge in [-0.1, -0.05) is 56.1 Å². The van der Waals surface area contributed by atoms with E-state index >= 15 is 0 Å². The number of hydrogen-bond acceptors (Lipinski definition) is 3. The van der Waals surface area contributed by atoms with Crippen molar-refractivity contribution in [2.45, 2.75) is 52.0 Å². The second kappa shape index (κ2) is 8.99. The highest BCUT2D eigenvalue weighted by Gasteiger charge is 2.64. The Morgan fingerprint density at radius 2 is 1.63 bits per heavy atom. The normalized spacial score (nSPS) is 20.8. The summed E-state index contributed by atoms with van der Waals surface area (Å²) >= 11 is 11.8. The molecule has 35 heavy (non-hydrogen) atoms. The average molecular weight is 530 g/mol. The number of nitriles is 1. The Morgan fingerprint density at radius 3 is 2.06 bits per heavy atom. The third-order valence-corrected chi connectivity index (χ3v) is 6.36. The standard InChI is InChI=1S/C24H21Cl2F4N3O2/c1-22(2,3)19-32(15-9-16(25)18(27)17(26)10-15)20(34)23(4,33(19)21(35)24(28,29)30)11-13-5-7-14(12-31)8-6-13/h5-10,19H,11H2,1-4H3. The van der Waals surface area contributed by atoms with Crippen LogP contribution < -0.4 is 4.90 Å². The molecule has 0 radical (unpaired) electrons. The Labute approximate surface area is 209 Å². The van der Waals surface area contributed by atoms with Gasteiger partial charge in [0.1, 0.15) is 11.7 Å². The van der Waals surface area contributed by atoms with Crippen LogP contribution in [0.1, 0.15) is 38.8 Å². The third-order valence-electron chi connectivity index (χ3n) is 5.81. The van der Waals surface area contributed by atoms with Gasteiger partial charge in [-0.3, -0.25) is 19.4 Å². The van der Waals surface area contributed by atoms with Crippen molar-refractivity contribution in [3.05, 3.63) is 63.4 Å². The summed E-state index contributed by atoms with van der Waals surface area (Å²) in [5.74, 6) is -3.96. The van der Waals surface area contributed by atoms with Crippen molar-refractivity contribution in [1.29, 1.82) is 5.26 Å². The van der Waals surface area contributed by atoms with E-state index in [-0.39, 0.29) is 12.1 Å². The summed E-state index contributed by atoms with van der Waals surface area (Å²) in [5, 5.41) is 8.17. The highest BCUT2D eigenvalue weighted by Crippen LogP contribution is 2.46. The Morgan fingerprint density at radius 1 is 1.11 bits per heavy atom. The third kappa shape index (κ3) is 4.82. The minimum Gasteiger partial charge on any atom is -0.299 e. The van der Waals surface area contributed by atoms with Crippen molar-refractivity contribution >= 4 is 40.7 Å². The lowest BCUT2D eigenvalue weighted by molar-refractivity contribution is -0.194. The molecule has 2 aromatic rings. The average Bonchev–Trinajstić information content (AvgIpc) is 2.98. The van der Waals surface area contributed by atoms with Gasteiger partial charge in [0.2, 0.25) is 0 Å². The molecule has 0 aromatic heterocycles. The van der Waals surface area contributed by atoms with Gasteiger partial charge in [-0.25, -0.2) is 4.39 Å².